The molecule has 0 aliphatic rings. The Morgan fingerprint density at radius 3 is 2.68 bits per heavy atom. The fourth-order valence-electron chi connectivity index (χ4n) is 2.46. The second-order valence-corrected chi connectivity index (χ2v) is 8.01. The van der Waals surface area contributed by atoms with Gasteiger partial charge in [-0.2, -0.15) is 0 Å². The van der Waals surface area contributed by atoms with E-state index in [4.69, 9.17) is 11.6 Å². The van der Waals surface area contributed by atoms with Gasteiger partial charge in [0, 0.05) is 28.8 Å². The molecular formula is C17H16ClN3O3S. The monoisotopic (exact) mass is 377 g/mol. The highest BCUT2D eigenvalue weighted by molar-refractivity contribution is 7.90. The van der Waals surface area contributed by atoms with Crippen molar-refractivity contribution in [3.63, 3.8) is 0 Å². The SMILES string of the molecule is CS(=O)(=O)c1ccc2ncnc(NCC(O)c3ccccc3Cl)c2c1. The van der Waals surface area contributed by atoms with E-state index in [0.717, 1.165) is 6.26 Å². The number of anilines is 1. The van der Waals surface area contributed by atoms with Crippen LogP contribution in [0, 0.1) is 0 Å². The summed E-state index contributed by atoms with van der Waals surface area (Å²) in [5.41, 5.74) is 1.21. The molecule has 0 saturated heterocycles. The van der Waals surface area contributed by atoms with Crippen LogP contribution in [0.5, 0.6) is 0 Å². The van der Waals surface area contributed by atoms with Gasteiger partial charge in [0.1, 0.15) is 12.1 Å². The smallest absolute Gasteiger partial charge is 0.175 e. The zero-order chi connectivity index (χ0) is 18.0. The Morgan fingerprint density at radius 2 is 1.96 bits per heavy atom. The standard InChI is InChI=1S/C17H16ClN3O3S/c1-25(23,24)11-6-7-15-13(8-11)17(21-10-20-15)19-9-16(22)12-4-2-3-5-14(12)18/h2-8,10,16,22H,9H2,1H3,(H,19,20,21). The van der Waals surface area contributed by atoms with E-state index in [1.807, 2.05) is 0 Å². The Labute approximate surface area is 150 Å². The van der Waals surface area contributed by atoms with Gasteiger partial charge in [-0.1, -0.05) is 29.8 Å². The number of aromatic nitrogens is 2. The normalized spacial score (nSPS) is 12.9. The van der Waals surface area contributed by atoms with Crippen LogP contribution in [0.2, 0.25) is 5.02 Å². The zero-order valence-corrected chi connectivity index (χ0v) is 14.9. The van der Waals surface area contributed by atoms with E-state index in [2.05, 4.69) is 15.3 Å². The number of nitrogens with zero attached hydrogens (tertiary/aromatic N) is 2. The maximum atomic E-state index is 11.8. The van der Waals surface area contributed by atoms with Crippen LogP contribution in [0.15, 0.2) is 53.7 Å². The predicted molar refractivity (Wildman–Crippen MR) is 97.5 cm³/mol. The van der Waals surface area contributed by atoms with E-state index in [-0.39, 0.29) is 11.4 Å². The lowest BCUT2D eigenvalue weighted by Crippen LogP contribution is -2.13. The second kappa shape index (κ2) is 6.95. The third-order valence-electron chi connectivity index (χ3n) is 3.76. The van der Waals surface area contributed by atoms with Crippen molar-refractivity contribution in [2.45, 2.75) is 11.0 Å². The Hall–Kier alpha value is -2.22. The number of sulfone groups is 1. The van der Waals surface area contributed by atoms with E-state index in [9.17, 15) is 13.5 Å². The molecule has 0 spiro atoms. The topological polar surface area (TPSA) is 92.2 Å². The highest BCUT2D eigenvalue weighted by Crippen LogP contribution is 2.25. The molecule has 0 aliphatic heterocycles. The summed E-state index contributed by atoms with van der Waals surface area (Å²) >= 11 is 6.09. The predicted octanol–water partition coefficient (Wildman–Crippen LogP) is 2.83. The van der Waals surface area contributed by atoms with E-state index in [1.54, 1.807) is 30.3 Å². The van der Waals surface area contributed by atoms with E-state index >= 15 is 0 Å². The fourth-order valence-corrected chi connectivity index (χ4v) is 3.36. The molecule has 0 bridgehead atoms. The van der Waals surface area contributed by atoms with E-state index in [1.165, 1.54) is 18.5 Å². The van der Waals surface area contributed by atoms with Crippen LogP contribution >= 0.6 is 11.6 Å². The van der Waals surface area contributed by atoms with Gasteiger partial charge in [-0.05, 0) is 24.3 Å². The van der Waals surface area contributed by atoms with Crippen molar-refractivity contribution in [3.05, 3.63) is 59.4 Å². The van der Waals surface area contributed by atoms with Gasteiger partial charge in [0.25, 0.3) is 0 Å². The van der Waals surface area contributed by atoms with Gasteiger partial charge < -0.3 is 10.4 Å². The van der Waals surface area contributed by atoms with E-state index in [0.29, 0.717) is 27.3 Å². The number of aliphatic hydroxyl groups excluding tert-OH is 1. The number of nitrogens with one attached hydrogen (secondary N) is 1. The van der Waals surface area contributed by atoms with Crippen LogP contribution in [0.3, 0.4) is 0 Å². The lowest BCUT2D eigenvalue weighted by Gasteiger charge is -2.15. The van der Waals surface area contributed by atoms with Crippen molar-refractivity contribution in [2.75, 3.05) is 18.1 Å². The Kier molecular flexibility index (Phi) is 4.89. The van der Waals surface area contributed by atoms with Crippen molar-refractivity contribution < 1.29 is 13.5 Å². The second-order valence-electron chi connectivity index (χ2n) is 5.59. The Bertz CT molecular complexity index is 1020. The molecule has 0 amide bonds. The minimum atomic E-state index is -3.34. The first-order chi connectivity index (χ1) is 11.9. The quantitative estimate of drug-likeness (QED) is 0.710. The molecule has 3 rings (SSSR count). The summed E-state index contributed by atoms with van der Waals surface area (Å²) in [6.45, 7) is 0.166. The Morgan fingerprint density at radius 1 is 1.20 bits per heavy atom. The van der Waals surface area contributed by atoms with Crippen LogP contribution in [0.25, 0.3) is 10.9 Å². The van der Waals surface area contributed by atoms with Gasteiger partial charge in [0.05, 0.1) is 16.5 Å². The number of fused-ring (bicyclic) bond motifs is 1. The highest BCUT2D eigenvalue weighted by Gasteiger charge is 2.14. The number of rotatable bonds is 5. The van der Waals surface area contributed by atoms with Gasteiger partial charge >= 0.3 is 0 Å². The first kappa shape index (κ1) is 17.6. The Balaban J connectivity index is 1.90. The summed E-state index contributed by atoms with van der Waals surface area (Å²) in [6.07, 6.45) is 1.69. The molecular weight excluding hydrogens is 362 g/mol. The first-order valence-corrected chi connectivity index (χ1v) is 9.74. The highest BCUT2D eigenvalue weighted by atomic mass is 35.5. The van der Waals surface area contributed by atoms with Crippen molar-refractivity contribution in [2.24, 2.45) is 0 Å². The molecule has 1 unspecified atom stereocenters. The van der Waals surface area contributed by atoms with Gasteiger partial charge in [-0.25, -0.2) is 18.4 Å². The molecule has 0 radical (unpaired) electrons. The number of aliphatic hydroxyl groups is 1. The average Bonchev–Trinajstić information content (AvgIpc) is 2.58. The van der Waals surface area contributed by atoms with Crippen LogP contribution in [-0.4, -0.2) is 36.3 Å². The number of hydrogen-bond donors (Lipinski definition) is 2. The summed E-state index contributed by atoms with van der Waals surface area (Å²) in [5.74, 6) is 0.446. The molecule has 1 heterocycles. The maximum Gasteiger partial charge on any atom is 0.175 e. The third kappa shape index (κ3) is 3.89. The molecule has 0 saturated carbocycles. The van der Waals surface area contributed by atoms with E-state index < -0.39 is 15.9 Å². The zero-order valence-electron chi connectivity index (χ0n) is 13.3. The fraction of sp³-hybridized carbons (Fsp3) is 0.176. The van der Waals surface area contributed by atoms with Crippen molar-refractivity contribution in [3.8, 4) is 0 Å². The minimum absolute atomic E-state index is 0.166. The number of halogens is 1. The molecule has 0 fully saturated rings. The van der Waals surface area contributed by atoms with Crippen molar-refractivity contribution >= 4 is 38.2 Å². The number of benzene rings is 2. The molecule has 130 valence electrons. The van der Waals surface area contributed by atoms with Gasteiger partial charge in [0.15, 0.2) is 9.84 Å². The molecule has 0 aliphatic carbocycles. The van der Waals surface area contributed by atoms with Crippen molar-refractivity contribution in [1.82, 2.24) is 9.97 Å². The molecule has 1 atom stereocenters. The van der Waals surface area contributed by atoms with Gasteiger partial charge in [-0.3, -0.25) is 0 Å². The van der Waals surface area contributed by atoms with Crippen molar-refractivity contribution in [1.29, 1.82) is 0 Å². The third-order valence-corrected chi connectivity index (χ3v) is 5.22. The van der Waals surface area contributed by atoms with Crippen LogP contribution in [-0.2, 0) is 9.84 Å². The molecule has 6 nitrogen and oxygen atoms in total. The summed E-state index contributed by atoms with van der Waals surface area (Å²) in [6, 6.07) is 11.7. The lowest BCUT2D eigenvalue weighted by atomic mass is 10.1. The molecule has 25 heavy (non-hydrogen) atoms. The summed E-state index contributed by atoms with van der Waals surface area (Å²) in [5, 5.41) is 14.4. The molecule has 3 aromatic rings. The summed E-state index contributed by atoms with van der Waals surface area (Å²) in [4.78, 5) is 8.48. The number of hydrogen-bond acceptors (Lipinski definition) is 6. The first-order valence-electron chi connectivity index (χ1n) is 7.47. The summed E-state index contributed by atoms with van der Waals surface area (Å²) < 4.78 is 23.5. The minimum Gasteiger partial charge on any atom is -0.387 e. The molecule has 1 aromatic heterocycles. The lowest BCUT2D eigenvalue weighted by molar-refractivity contribution is 0.191. The van der Waals surface area contributed by atoms with Gasteiger partial charge in [-0.15, -0.1) is 0 Å². The van der Waals surface area contributed by atoms with Gasteiger partial charge in [0.2, 0.25) is 0 Å². The molecule has 2 N–H and O–H groups in total. The molecule has 2 aromatic carbocycles. The van der Waals surface area contributed by atoms with Crippen LogP contribution < -0.4 is 5.32 Å². The summed E-state index contributed by atoms with van der Waals surface area (Å²) in [7, 11) is -3.34. The average molecular weight is 378 g/mol. The largest absolute Gasteiger partial charge is 0.387 e. The van der Waals surface area contributed by atoms with Crippen LogP contribution in [0.1, 0.15) is 11.7 Å². The maximum absolute atomic E-state index is 11.8. The van der Waals surface area contributed by atoms with Crippen LogP contribution in [0.4, 0.5) is 5.82 Å². The molecule has 8 heteroatoms.